The average molecular weight is 317 g/mol. The van der Waals surface area contributed by atoms with E-state index in [4.69, 9.17) is 9.15 Å². The van der Waals surface area contributed by atoms with Crippen molar-refractivity contribution in [3.63, 3.8) is 0 Å². The highest BCUT2D eigenvalue weighted by molar-refractivity contribution is 5.58. The van der Waals surface area contributed by atoms with E-state index in [0.29, 0.717) is 23.9 Å². The van der Waals surface area contributed by atoms with Gasteiger partial charge in [0.2, 0.25) is 17.5 Å². The van der Waals surface area contributed by atoms with Crippen LogP contribution in [0.25, 0.3) is 11.5 Å². The molecule has 1 aromatic carbocycles. The highest BCUT2D eigenvalue weighted by Crippen LogP contribution is 2.25. The molecule has 2 aromatic rings. The minimum atomic E-state index is -0.326. The average Bonchev–Trinajstić information content (AvgIpc) is 3.00. The second-order valence-electron chi connectivity index (χ2n) is 5.35. The third-order valence-electron chi connectivity index (χ3n) is 3.79. The number of nitrogens with zero attached hydrogens (tertiary/aromatic N) is 2. The van der Waals surface area contributed by atoms with Gasteiger partial charge in [0.15, 0.2) is 0 Å². The molecule has 2 N–H and O–H groups in total. The monoisotopic (exact) mass is 317 g/mol. The van der Waals surface area contributed by atoms with Gasteiger partial charge in [-0.15, -0.1) is 0 Å². The number of halogens is 1. The molecule has 0 saturated carbocycles. The molecule has 0 aliphatic carbocycles. The first-order valence-electron chi connectivity index (χ1n) is 7.58. The third kappa shape index (κ3) is 3.86. The smallest absolute Gasteiger partial charge is 0.232 e. The Morgan fingerprint density at radius 3 is 2.70 bits per heavy atom. The molecule has 2 heterocycles. The number of aromatic nitrogens is 1. The van der Waals surface area contributed by atoms with E-state index in [1.165, 1.54) is 17.0 Å². The Labute approximate surface area is 133 Å². The van der Waals surface area contributed by atoms with Gasteiger partial charge in [-0.2, -0.15) is 10.2 Å². The molecule has 0 bridgehead atoms. The molecular weight excluding hydrogens is 299 g/mol. The number of benzene rings is 1. The van der Waals surface area contributed by atoms with Crippen molar-refractivity contribution in [3.05, 3.63) is 35.8 Å². The first-order chi connectivity index (χ1) is 11.3. The maximum atomic E-state index is 13.0. The minimum Gasteiger partial charge on any atom is -0.419 e. The molecule has 0 unspecified atom stereocenters. The van der Waals surface area contributed by atoms with Crippen LogP contribution in [0.3, 0.4) is 0 Å². The van der Waals surface area contributed by atoms with E-state index in [0.717, 1.165) is 32.8 Å². The van der Waals surface area contributed by atoms with E-state index in [9.17, 15) is 9.65 Å². The van der Waals surface area contributed by atoms with Gasteiger partial charge in [0.25, 0.3) is 0 Å². The molecule has 3 rings (SSSR count). The van der Waals surface area contributed by atoms with Crippen molar-refractivity contribution < 1.29 is 18.4 Å². The molecule has 0 radical (unpaired) electrons. The van der Waals surface area contributed by atoms with E-state index < -0.39 is 0 Å². The zero-order chi connectivity index (χ0) is 16.1. The van der Waals surface area contributed by atoms with E-state index in [-0.39, 0.29) is 11.5 Å². The molecule has 1 aliphatic rings. The van der Waals surface area contributed by atoms with Gasteiger partial charge in [-0.1, -0.05) is 0 Å². The lowest BCUT2D eigenvalue weighted by Gasteiger charge is -2.23. The largest absolute Gasteiger partial charge is 0.419 e. The molecular formula is C16H18FN4O2+. The first kappa shape index (κ1) is 15.5. The summed E-state index contributed by atoms with van der Waals surface area (Å²) in [5, 5.41) is 12.3. The van der Waals surface area contributed by atoms with Crippen LogP contribution in [-0.4, -0.2) is 44.4 Å². The Kier molecular flexibility index (Phi) is 4.86. The number of hydrogen-bond acceptors (Lipinski definition) is 5. The summed E-state index contributed by atoms with van der Waals surface area (Å²) in [5.74, 6) is 0.343. The summed E-state index contributed by atoms with van der Waals surface area (Å²) in [4.78, 5) is 5.61. The van der Waals surface area contributed by atoms with Crippen LogP contribution >= 0.6 is 0 Å². The van der Waals surface area contributed by atoms with E-state index >= 15 is 0 Å². The number of nitriles is 1. The second-order valence-corrected chi connectivity index (χ2v) is 5.35. The number of oxazole rings is 1. The summed E-state index contributed by atoms with van der Waals surface area (Å²) in [6.45, 7) is 5.16. The van der Waals surface area contributed by atoms with Crippen molar-refractivity contribution in [3.8, 4) is 17.5 Å². The second kappa shape index (κ2) is 7.22. The summed E-state index contributed by atoms with van der Waals surface area (Å²) in [6.07, 6.45) is 0. The standard InChI is InChI=1S/C16H17FN4O2/c17-13-3-1-12(2-4-13)15-20-14(11-18)16(23-15)19-5-6-21-7-9-22-10-8-21/h1-4,19H,5-10H2/p+1. The Morgan fingerprint density at radius 2 is 2.00 bits per heavy atom. The Bertz CT molecular complexity index is 687. The number of ether oxygens (including phenoxy) is 1. The molecule has 0 spiro atoms. The SMILES string of the molecule is N#Cc1nc(-c2ccc(F)cc2)oc1NCC[NH+]1CCOCC1. The highest BCUT2D eigenvalue weighted by atomic mass is 19.1. The van der Waals surface area contributed by atoms with E-state index in [1.54, 1.807) is 12.1 Å². The summed E-state index contributed by atoms with van der Waals surface area (Å²) in [7, 11) is 0. The van der Waals surface area contributed by atoms with Crippen LogP contribution < -0.4 is 10.2 Å². The van der Waals surface area contributed by atoms with Crippen LogP contribution in [0.15, 0.2) is 28.7 Å². The van der Waals surface area contributed by atoms with E-state index in [2.05, 4.69) is 10.3 Å². The molecule has 1 aliphatic heterocycles. The van der Waals surface area contributed by atoms with Crippen molar-refractivity contribution in [1.82, 2.24) is 4.98 Å². The van der Waals surface area contributed by atoms with E-state index in [1.807, 2.05) is 6.07 Å². The molecule has 1 saturated heterocycles. The van der Waals surface area contributed by atoms with Crippen molar-refractivity contribution in [2.24, 2.45) is 0 Å². The fourth-order valence-electron chi connectivity index (χ4n) is 2.49. The normalized spacial score (nSPS) is 15.3. The molecule has 1 fully saturated rings. The van der Waals surface area contributed by atoms with Gasteiger partial charge in [-0.05, 0) is 24.3 Å². The van der Waals surface area contributed by atoms with Gasteiger partial charge in [0, 0.05) is 5.56 Å². The fourth-order valence-corrected chi connectivity index (χ4v) is 2.49. The zero-order valence-corrected chi connectivity index (χ0v) is 12.6. The van der Waals surface area contributed by atoms with Crippen molar-refractivity contribution in [2.45, 2.75) is 0 Å². The number of quaternary nitrogens is 1. The van der Waals surface area contributed by atoms with Gasteiger partial charge >= 0.3 is 0 Å². The topological polar surface area (TPSA) is 75.5 Å². The lowest BCUT2D eigenvalue weighted by molar-refractivity contribution is -0.906. The predicted octanol–water partition coefficient (Wildman–Crippen LogP) is 0.679. The maximum Gasteiger partial charge on any atom is 0.232 e. The van der Waals surface area contributed by atoms with Crippen LogP contribution in [0.1, 0.15) is 5.69 Å². The predicted molar refractivity (Wildman–Crippen MR) is 81.5 cm³/mol. The number of rotatable bonds is 5. The molecule has 1 aromatic heterocycles. The summed E-state index contributed by atoms with van der Waals surface area (Å²) in [5.41, 5.74) is 0.844. The molecule has 23 heavy (non-hydrogen) atoms. The molecule has 7 heteroatoms. The molecule has 120 valence electrons. The van der Waals surface area contributed by atoms with Crippen LogP contribution in [0.2, 0.25) is 0 Å². The van der Waals surface area contributed by atoms with Crippen LogP contribution in [0, 0.1) is 17.1 Å². The van der Waals surface area contributed by atoms with Crippen molar-refractivity contribution in [2.75, 3.05) is 44.7 Å². The van der Waals surface area contributed by atoms with Gasteiger partial charge in [-0.3, -0.25) is 0 Å². The molecule has 0 amide bonds. The number of hydrogen-bond donors (Lipinski definition) is 2. The fraction of sp³-hybridized carbons (Fsp3) is 0.375. The first-order valence-corrected chi connectivity index (χ1v) is 7.58. The summed E-state index contributed by atoms with van der Waals surface area (Å²) in [6, 6.07) is 7.83. The lowest BCUT2D eigenvalue weighted by atomic mass is 10.2. The lowest BCUT2D eigenvalue weighted by Crippen LogP contribution is -3.14. The zero-order valence-electron chi connectivity index (χ0n) is 12.6. The Morgan fingerprint density at radius 1 is 1.26 bits per heavy atom. The molecule has 0 atom stereocenters. The number of anilines is 1. The summed E-state index contributed by atoms with van der Waals surface area (Å²) >= 11 is 0. The van der Waals surface area contributed by atoms with Crippen molar-refractivity contribution in [1.29, 1.82) is 5.26 Å². The van der Waals surface area contributed by atoms with Crippen LogP contribution in [0.5, 0.6) is 0 Å². The third-order valence-corrected chi connectivity index (χ3v) is 3.79. The molecule has 6 nitrogen and oxygen atoms in total. The number of nitrogens with one attached hydrogen (secondary N) is 2. The van der Waals surface area contributed by atoms with Crippen LogP contribution in [-0.2, 0) is 4.74 Å². The van der Waals surface area contributed by atoms with Gasteiger partial charge < -0.3 is 19.4 Å². The minimum absolute atomic E-state index is 0.210. The maximum absolute atomic E-state index is 13.0. The Hall–Kier alpha value is -2.43. The Balaban J connectivity index is 1.64. The quantitative estimate of drug-likeness (QED) is 0.848. The van der Waals surface area contributed by atoms with Gasteiger partial charge in [0.05, 0.1) is 26.3 Å². The van der Waals surface area contributed by atoms with Gasteiger partial charge in [0.1, 0.15) is 25.0 Å². The van der Waals surface area contributed by atoms with Crippen molar-refractivity contribution >= 4 is 5.88 Å². The van der Waals surface area contributed by atoms with Crippen LogP contribution in [0.4, 0.5) is 10.3 Å². The number of morpholine rings is 1. The highest BCUT2D eigenvalue weighted by Gasteiger charge is 2.16. The van der Waals surface area contributed by atoms with Gasteiger partial charge in [-0.25, -0.2) is 4.39 Å². The summed E-state index contributed by atoms with van der Waals surface area (Å²) < 4.78 is 23.9.